The van der Waals surface area contributed by atoms with Crippen molar-refractivity contribution in [2.24, 2.45) is 0 Å². The topological polar surface area (TPSA) is 39.5 Å². The predicted molar refractivity (Wildman–Crippen MR) is 104 cm³/mol. The molecule has 2 atom stereocenters. The molecule has 26 heavy (non-hydrogen) atoms. The van der Waals surface area contributed by atoms with E-state index in [1.54, 1.807) is 14.2 Å². The second-order valence-electron chi connectivity index (χ2n) is 7.49. The van der Waals surface area contributed by atoms with Gasteiger partial charge in [-0.25, -0.2) is 0 Å². The third kappa shape index (κ3) is 4.19. The van der Waals surface area contributed by atoms with Gasteiger partial charge in [-0.2, -0.15) is 0 Å². The summed E-state index contributed by atoms with van der Waals surface area (Å²) in [6.45, 7) is 1.07. The first-order valence-electron chi connectivity index (χ1n) is 9.54. The Morgan fingerprint density at radius 2 is 1.77 bits per heavy atom. The number of aryl methyl sites for hydroxylation is 1. The highest BCUT2D eigenvalue weighted by molar-refractivity contribution is 5.43. The monoisotopic (exact) mass is 356 g/mol. The lowest BCUT2D eigenvalue weighted by molar-refractivity contribution is -0.911. The van der Waals surface area contributed by atoms with E-state index in [0.717, 1.165) is 18.0 Å². The van der Waals surface area contributed by atoms with E-state index in [0.29, 0.717) is 12.1 Å². The summed E-state index contributed by atoms with van der Waals surface area (Å²) in [7, 11) is 7.84. The minimum atomic E-state index is 0.423. The summed E-state index contributed by atoms with van der Waals surface area (Å²) in [5.74, 6) is 1.60. The predicted octanol–water partition coefficient (Wildman–Crippen LogP) is 1.01. The van der Waals surface area contributed by atoms with Crippen molar-refractivity contribution in [2.45, 2.75) is 31.3 Å². The highest BCUT2D eigenvalue weighted by Crippen LogP contribution is 2.29. The summed E-state index contributed by atoms with van der Waals surface area (Å²) < 4.78 is 10.9. The number of methoxy groups -OCH3 is 2. The number of hydrogen-bond donors (Lipinski definition) is 2. The Morgan fingerprint density at radius 1 is 1.04 bits per heavy atom. The third-order valence-electron chi connectivity index (χ3n) is 5.60. The number of rotatable bonds is 7. The van der Waals surface area contributed by atoms with Gasteiger partial charge in [0, 0.05) is 18.4 Å². The van der Waals surface area contributed by atoms with Crippen LogP contribution in [0.4, 0.5) is 0 Å². The molecule has 3 rings (SSSR count). The molecule has 0 fully saturated rings. The molecule has 3 N–H and O–H groups in total. The van der Waals surface area contributed by atoms with Gasteiger partial charge in [0.1, 0.15) is 6.54 Å². The zero-order valence-electron chi connectivity index (χ0n) is 16.4. The van der Waals surface area contributed by atoms with Gasteiger partial charge in [-0.3, -0.25) is 0 Å². The molecule has 0 heterocycles. The van der Waals surface area contributed by atoms with Crippen molar-refractivity contribution in [1.82, 2.24) is 0 Å². The zero-order valence-corrected chi connectivity index (χ0v) is 16.4. The van der Waals surface area contributed by atoms with E-state index < -0.39 is 0 Å². The van der Waals surface area contributed by atoms with Gasteiger partial charge in [-0.15, -0.1) is 0 Å². The van der Waals surface area contributed by atoms with Crippen molar-refractivity contribution in [1.29, 1.82) is 0 Å². The number of ether oxygens (including phenoxy) is 2. The van der Waals surface area contributed by atoms with Gasteiger partial charge >= 0.3 is 0 Å². The van der Waals surface area contributed by atoms with Crippen LogP contribution in [0.2, 0.25) is 0 Å². The fourth-order valence-electron chi connectivity index (χ4n) is 4.03. The van der Waals surface area contributed by atoms with Crippen molar-refractivity contribution in [3.8, 4) is 11.5 Å². The second kappa shape index (κ2) is 8.56. The maximum atomic E-state index is 5.50. The van der Waals surface area contributed by atoms with E-state index in [2.05, 4.69) is 55.8 Å². The van der Waals surface area contributed by atoms with E-state index in [1.165, 1.54) is 40.9 Å². The van der Waals surface area contributed by atoms with Crippen LogP contribution in [0.1, 0.15) is 29.2 Å². The lowest BCUT2D eigenvalue weighted by atomic mass is 9.88. The minimum absolute atomic E-state index is 0.423. The van der Waals surface area contributed by atoms with Gasteiger partial charge in [0.15, 0.2) is 17.5 Å². The molecule has 0 unspecified atom stereocenters. The second-order valence-corrected chi connectivity index (χ2v) is 7.49. The molecular weight excluding hydrogens is 324 g/mol. The highest BCUT2D eigenvalue weighted by Gasteiger charge is 2.26. The van der Waals surface area contributed by atoms with Crippen molar-refractivity contribution in [3.05, 3.63) is 59.2 Å². The number of hydrogen-bond acceptors (Lipinski definition) is 2. The molecule has 0 aliphatic heterocycles. The van der Waals surface area contributed by atoms with Gasteiger partial charge in [0.25, 0.3) is 0 Å². The van der Waals surface area contributed by atoms with Crippen LogP contribution in [0.15, 0.2) is 42.5 Å². The number of benzene rings is 2. The van der Waals surface area contributed by atoms with Gasteiger partial charge in [-0.05, 0) is 35.7 Å². The summed E-state index contributed by atoms with van der Waals surface area (Å²) in [6.07, 6.45) is 3.64. The molecule has 0 spiro atoms. The maximum absolute atomic E-state index is 5.50. The van der Waals surface area contributed by atoms with E-state index >= 15 is 0 Å². The van der Waals surface area contributed by atoms with E-state index in [-0.39, 0.29) is 0 Å². The number of nitrogens with one attached hydrogen (secondary N) is 1. The molecule has 0 saturated heterocycles. The fourth-order valence-corrected chi connectivity index (χ4v) is 4.03. The molecule has 0 radical (unpaired) electrons. The van der Waals surface area contributed by atoms with E-state index in [4.69, 9.17) is 9.47 Å². The Morgan fingerprint density at radius 3 is 2.46 bits per heavy atom. The summed E-state index contributed by atoms with van der Waals surface area (Å²) in [5.41, 5.74) is 4.36. The molecule has 0 bridgehead atoms. The first-order chi connectivity index (χ1) is 12.6. The SMILES string of the molecule is COc1ccc([C@@H](C[NH2+][C@@H]2CCc3ccccc3C2)[NH+](C)C)cc1OC. The Kier molecular flexibility index (Phi) is 6.17. The first kappa shape index (κ1) is 18.7. The molecule has 0 saturated carbocycles. The quantitative estimate of drug-likeness (QED) is 0.777. The van der Waals surface area contributed by atoms with Gasteiger partial charge in [0.05, 0.1) is 34.4 Å². The number of quaternary nitrogens is 2. The Hall–Kier alpha value is -2.04. The van der Waals surface area contributed by atoms with Crippen LogP contribution >= 0.6 is 0 Å². The van der Waals surface area contributed by atoms with Gasteiger partial charge in [-0.1, -0.05) is 24.3 Å². The van der Waals surface area contributed by atoms with Crippen LogP contribution in [0.25, 0.3) is 0 Å². The molecule has 2 aromatic rings. The Balaban J connectivity index is 1.68. The Bertz CT molecular complexity index is 730. The van der Waals surface area contributed by atoms with Gasteiger partial charge < -0.3 is 19.7 Å². The molecule has 0 amide bonds. The third-order valence-corrected chi connectivity index (χ3v) is 5.60. The average molecular weight is 357 g/mol. The van der Waals surface area contributed by atoms with Crippen LogP contribution in [0.3, 0.4) is 0 Å². The molecule has 1 aliphatic rings. The molecular formula is C22H32N2O2+2. The Labute approximate surface area is 157 Å². The van der Waals surface area contributed by atoms with E-state index in [9.17, 15) is 0 Å². The smallest absolute Gasteiger partial charge is 0.162 e. The standard InChI is InChI=1S/C22H30N2O2/c1-24(2)20(18-10-12-21(25-3)22(14-18)26-4)15-23-19-11-9-16-7-5-6-8-17(16)13-19/h5-8,10,12,14,19-20,23H,9,11,13,15H2,1-4H3/p+2/t19-,20-/m1/s1. The molecule has 2 aromatic carbocycles. The zero-order chi connectivity index (χ0) is 18.5. The highest BCUT2D eigenvalue weighted by atomic mass is 16.5. The molecule has 4 heteroatoms. The van der Waals surface area contributed by atoms with Gasteiger partial charge in [0.2, 0.25) is 0 Å². The lowest BCUT2D eigenvalue weighted by Crippen LogP contribution is -3.10. The molecule has 4 nitrogen and oxygen atoms in total. The number of fused-ring (bicyclic) bond motifs is 1. The van der Waals surface area contributed by atoms with Crippen molar-refractivity contribution >= 4 is 0 Å². The van der Waals surface area contributed by atoms with Crippen LogP contribution in [-0.4, -0.2) is 40.9 Å². The normalized spacial score (nSPS) is 17.7. The average Bonchev–Trinajstić information content (AvgIpc) is 2.67. The van der Waals surface area contributed by atoms with E-state index in [1.807, 2.05) is 6.07 Å². The summed E-state index contributed by atoms with van der Waals surface area (Å²) in [4.78, 5) is 1.43. The summed E-state index contributed by atoms with van der Waals surface area (Å²) in [6, 6.07) is 16.3. The minimum Gasteiger partial charge on any atom is -0.493 e. The van der Waals surface area contributed by atoms with Crippen molar-refractivity contribution in [2.75, 3.05) is 34.9 Å². The summed E-state index contributed by atoms with van der Waals surface area (Å²) in [5, 5.41) is 2.55. The number of nitrogens with two attached hydrogens (primary N) is 1. The maximum Gasteiger partial charge on any atom is 0.162 e. The lowest BCUT2D eigenvalue weighted by Gasteiger charge is -2.26. The number of likely N-dealkylation sites (N-methyl/N-ethyl adjacent to an activating group) is 1. The summed E-state index contributed by atoms with van der Waals surface area (Å²) >= 11 is 0. The molecule has 0 aromatic heterocycles. The van der Waals surface area contributed by atoms with Crippen molar-refractivity contribution < 1.29 is 19.7 Å². The van der Waals surface area contributed by atoms with Crippen LogP contribution in [-0.2, 0) is 12.8 Å². The van der Waals surface area contributed by atoms with Crippen LogP contribution in [0.5, 0.6) is 11.5 Å². The van der Waals surface area contributed by atoms with Crippen LogP contribution < -0.4 is 19.7 Å². The largest absolute Gasteiger partial charge is 0.493 e. The van der Waals surface area contributed by atoms with Crippen LogP contribution in [0, 0.1) is 0 Å². The molecule has 140 valence electrons. The molecule has 1 aliphatic carbocycles. The first-order valence-corrected chi connectivity index (χ1v) is 9.54. The fraction of sp³-hybridized carbons (Fsp3) is 0.455. The van der Waals surface area contributed by atoms with Crippen molar-refractivity contribution in [3.63, 3.8) is 0 Å².